The number of benzene rings is 1. The maximum Gasteiger partial charge on any atom is 0.434 e. The quantitative estimate of drug-likeness (QED) is 0.628. The molecule has 7 nitrogen and oxygen atoms in total. The molecule has 162 valence electrons. The van der Waals surface area contributed by atoms with Crippen LogP contribution in [0.1, 0.15) is 31.5 Å². The summed E-state index contributed by atoms with van der Waals surface area (Å²) in [6.07, 6.45) is -2.57. The zero-order valence-electron chi connectivity index (χ0n) is 16.5. The smallest absolute Gasteiger partial charge is 0.390 e. The van der Waals surface area contributed by atoms with Gasteiger partial charge in [0.2, 0.25) is 0 Å². The van der Waals surface area contributed by atoms with Crippen LogP contribution in [0.15, 0.2) is 35.5 Å². The van der Waals surface area contributed by atoms with Gasteiger partial charge in [0.25, 0.3) is 0 Å². The van der Waals surface area contributed by atoms with E-state index in [0.29, 0.717) is 11.1 Å². The molecule has 0 amide bonds. The maximum atomic E-state index is 13.2. The van der Waals surface area contributed by atoms with Crippen molar-refractivity contribution in [3.8, 4) is 11.3 Å². The van der Waals surface area contributed by atoms with Crippen molar-refractivity contribution >= 4 is 21.3 Å². The van der Waals surface area contributed by atoms with Gasteiger partial charge < -0.3 is 10.8 Å². The van der Waals surface area contributed by atoms with E-state index in [1.807, 2.05) is 0 Å². The lowest BCUT2D eigenvalue weighted by Crippen LogP contribution is -2.23. The van der Waals surface area contributed by atoms with Gasteiger partial charge in [-0.25, -0.2) is 18.4 Å². The number of anilines is 1. The van der Waals surface area contributed by atoms with E-state index in [1.54, 1.807) is 13.0 Å². The Bertz CT molecular complexity index is 1210. The molecule has 1 aromatic carbocycles. The topological polar surface area (TPSA) is 111 Å². The first-order valence-electron chi connectivity index (χ1n) is 8.96. The number of aryl methyl sites for hydroxylation is 1. The molecule has 2 aromatic heterocycles. The number of rotatable bonds is 5. The predicted octanol–water partition coefficient (Wildman–Crippen LogP) is 3.24. The van der Waals surface area contributed by atoms with E-state index in [-0.39, 0.29) is 34.2 Å². The van der Waals surface area contributed by atoms with Crippen LogP contribution >= 0.6 is 0 Å². The van der Waals surface area contributed by atoms with Gasteiger partial charge in [-0.1, -0.05) is 6.07 Å². The molecule has 0 aliphatic heterocycles. The Morgan fingerprint density at radius 2 is 1.90 bits per heavy atom. The fraction of sp³-hybridized carbons (Fsp3) is 0.368. The van der Waals surface area contributed by atoms with Gasteiger partial charge in [-0.15, -0.1) is 0 Å². The number of nitrogens with two attached hydrogens (primary N) is 1. The number of halogens is 3. The second kappa shape index (κ2) is 7.24. The molecule has 3 N–H and O–H groups in total. The summed E-state index contributed by atoms with van der Waals surface area (Å²) >= 11 is 0. The SMILES string of the molecule is Cc1ccc(S(=O)(=O)CCC(C)(C)O)cc1-c1cnc2c(N)nc(C(F)(F)F)cn12. The molecule has 2 heterocycles. The number of aromatic nitrogens is 3. The summed E-state index contributed by atoms with van der Waals surface area (Å²) in [6.45, 7) is 4.73. The van der Waals surface area contributed by atoms with Crippen LogP contribution in [0.3, 0.4) is 0 Å². The van der Waals surface area contributed by atoms with Crippen molar-refractivity contribution in [3.05, 3.63) is 41.9 Å². The number of imidazole rings is 1. The summed E-state index contributed by atoms with van der Waals surface area (Å²) in [6, 6.07) is 4.39. The lowest BCUT2D eigenvalue weighted by Gasteiger charge is -2.17. The Hall–Kier alpha value is -2.66. The zero-order valence-corrected chi connectivity index (χ0v) is 17.3. The molecule has 0 fully saturated rings. The van der Waals surface area contributed by atoms with Crippen molar-refractivity contribution in [2.24, 2.45) is 0 Å². The van der Waals surface area contributed by atoms with Crippen LogP contribution in [0, 0.1) is 6.92 Å². The Morgan fingerprint density at radius 1 is 1.23 bits per heavy atom. The number of sulfone groups is 1. The summed E-state index contributed by atoms with van der Waals surface area (Å²) in [7, 11) is -3.72. The standard InChI is InChI=1S/C19H21F3N4O3S/c1-11-4-5-12(30(28,29)7-6-18(2,3)27)8-13(11)14-9-24-17-16(23)25-15(10-26(14)17)19(20,21)22/h4-5,8-10,27H,6-7H2,1-3H3,(H2,23,25). The fourth-order valence-corrected chi connectivity index (χ4v) is 4.50. The predicted molar refractivity (Wildman–Crippen MR) is 106 cm³/mol. The first-order chi connectivity index (χ1) is 13.7. The third-order valence-corrected chi connectivity index (χ3v) is 6.35. The van der Waals surface area contributed by atoms with Crippen molar-refractivity contribution in [1.29, 1.82) is 0 Å². The first kappa shape index (κ1) is 22.0. The lowest BCUT2D eigenvalue weighted by molar-refractivity contribution is -0.141. The van der Waals surface area contributed by atoms with Crippen molar-refractivity contribution < 1.29 is 26.7 Å². The molecule has 30 heavy (non-hydrogen) atoms. The molecule has 0 bridgehead atoms. The molecule has 11 heteroatoms. The normalized spacial score (nSPS) is 13.2. The number of aliphatic hydroxyl groups is 1. The molecular formula is C19H21F3N4O3S. The van der Waals surface area contributed by atoms with Crippen molar-refractivity contribution in [2.45, 2.75) is 43.9 Å². The van der Waals surface area contributed by atoms with Gasteiger partial charge in [0.15, 0.2) is 27.0 Å². The van der Waals surface area contributed by atoms with Crippen LogP contribution in [0.4, 0.5) is 19.0 Å². The molecular weight excluding hydrogens is 421 g/mol. The van der Waals surface area contributed by atoms with Crippen molar-refractivity contribution in [3.63, 3.8) is 0 Å². The molecule has 0 spiro atoms. The van der Waals surface area contributed by atoms with Crippen LogP contribution < -0.4 is 5.73 Å². The maximum absolute atomic E-state index is 13.2. The molecule has 3 aromatic rings. The van der Waals surface area contributed by atoms with E-state index >= 15 is 0 Å². The third-order valence-electron chi connectivity index (χ3n) is 4.64. The van der Waals surface area contributed by atoms with E-state index in [0.717, 1.165) is 10.6 Å². The van der Waals surface area contributed by atoms with Gasteiger partial charge in [-0.3, -0.25) is 4.40 Å². The molecule has 0 aliphatic carbocycles. The minimum Gasteiger partial charge on any atom is -0.390 e. The molecule has 3 rings (SSSR count). The highest BCUT2D eigenvalue weighted by molar-refractivity contribution is 7.91. The molecule has 0 unspecified atom stereocenters. The summed E-state index contributed by atoms with van der Waals surface area (Å²) in [5.41, 5.74) is 4.64. The third kappa shape index (κ3) is 4.41. The molecule has 0 atom stereocenters. The van der Waals surface area contributed by atoms with Crippen LogP contribution in [0.5, 0.6) is 0 Å². The Balaban J connectivity index is 2.14. The second-order valence-electron chi connectivity index (χ2n) is 7.70. The van der Waals surface area contributed by atoms with Gasteiger partial charge in [-0.2, -0.15) is 13.2 Å². The van der Waals surface area contributed by atoms with Gasteiger partial charge in [0.05, 0.1) is 28.1 Å². The summed E-state index contributed by atoms with van der Waals surface area (Å²) in [5, 5.41) is 9.83. The highest BCUT2D eigenvalue weighted by Crippen LogP contribution is 2.33. The number of alkyl halides is 3. The Morgan fingerprint density at radius 3 is 2.50 bits per heavy atom. The molecule has 0 aliphatic rings. The van der Waals surface area contributed by atoms with Crippen LogP contribution in [-0.2, 0) is 16.0 Å². The summed E-state index contributed by atoms with van der Waals surface area (Å²) < 4.78 is 66.1. The van der Waals surface area contributed by atoms with E-state index in [1.165, 1.54) is 32.2 Å². The Kier molecular flexibility index (Phi) is 5.32. The average Bonchev–Trinajstić information content (AvgIpc) is 3.03. The summed E-state index contributed by atoms with van der Waals surface area (Å²) in [5.74, 6) is -0.663. The van der Waals surface area contributed by atoms with Crippen LogP contribution in [0.25, 0.3) is 16.9 Å². The number of fused-ring (bicyclic) bond motifs is 1. The van der Waals surface area contributed by atoms with Crippen LogP contribution in [0.2, 0.25) is 0 Å². The lowest BCUT2D eigenvalue weighted by atomic mass is 10.1. The average molecular weight is 442 g/mol. The van der Waals surface area contributed by atoms with Gasteiger partial charge >= 0.3 is 6.18 Å². The van der Waals surface area contributed by atoms with Gasteiger partial charge in [0.1, 0.15) is 0 Å². The largest absolute Gasteiger partial charge is 0.434 e. The number of nitrogen functional groups attached to an aromatic ring is 1. The number of hydrogen-bond donors (Lipinski definition) is 2. The Labute approximate surface area is 171 Å². The fourth-order valence-electron chi connectivity index (χ4n) is 2.92. The highest BCUT2D eigenvalue weighted by Gasteiger charge is 2.34. The number of hydrogen-bond acceptors (Lipinski definition) is 6. The molecule has 0 radical (unpaired) electrons. The van der Waals surface area contributed by atoms with E-state index in [4.69, 9.17) is 5.73 Å². The van der Waals surface area contributed by atoms with Gasteiger partial charge in [-0.05, 0) is 44.9 Å². The van der Waals surface area contributed by atoms with Crippen molar-refractivity contribution in [1.82, 2.24) is 14.4 Å². The minimum absolute atomic E-state index is 0.000345. The molecule has 0 saturated carbocycles. The van der Waals surface area contributed by atoms with Crippen molar-refractivity contribution in [2.75, 3.05) is 11.5 Å². The minimum atomic E-state index is -4.71. The van der Waals surface area contributed by atoms with Crippen LogP contribution in [-0.4, -0.2) is 39.2 Å². The second-order valence-corrected chi connectivity index (χ2v) is 9.81. The monoisotopic (exact) mass is 442 g/mol. The van der Waals surface area contributed by atoms with E-state index in [9.17, 15) is 26.7 Å². The van der Waals surface area contributed by atoms with Gasteiger partial charge in [0, 0.05) is 11.8 Å². The molecule has 0 saturated heterocycles. The summed E-state index contributed by atoms with van der Waals surface area (Å²) in [4.78, 5) is 7.40. The first-order valence-corrected chi connectivity index (χ1v) is 10.6. The highest BCUT2D eigenvalue weighted by atomic mass is 32.2. The van der Waals surface area contributed by atoms with E-state index < -0.39 is 27.3 Å². The zero-order chi connectivity index (χ0) is 22.5. The van der Waals surface area contributed by atoms with E-state index in [2.05, 4.69) is 9.97 Å². The number of nitrogens with zero attached hydrogens (tertiary/aromatic N) is 3.